The molecular weight excluding hydrogens is 424 g/mol. The molecule has 0 spiro atoms. The largest absolute Gasteiger partial charge is 0.504 e. The molecule has 5 N–H and O–H groups in total. The Morgan fingerprint density at radius 1 is 1.21 bits per heavy atom. The van der Waals surface area contributed by atoms with Crippen molar-refractivity contribution in [3.63, 3.8) is 0 Å². The molecule has 0 saturated carbocycles. The van der Waals surface area contributed by atoms with Crippen molar-refractivity contribution in [1.82, 2.24) is 20.0 Å². The molecule has 4 aromatic rings. The van der Waals surface area contributed by atoms with Gasteiger partial charge in [0.2, 0.25) is 0 Å². The van der Waals surface area contributed by atoms with Gasteiger partial charge in [0.1, 0.15) is 16.9 Å². The van der Waals surface area contributed by atoms with E-state index >= 15 is 0 Å². The molecule has 1 saturated heterocycles. The van der Waals surface area contributed by atoms with Crippen LogP contribution in [0.3, 0.4) is 0 Å². The van der Waals surface area contributed by atoms with E-state index in [9.17, 15) is 15.0 Å². The average molecular weight is 446 g/mol. The Morgan fingerprint density at radius 2 is 2.00 bits per heavy atom. The molecule has 0 bridgehead atoms. The maximum absolute atomic E-state index is 13.1. The molecule has 1 amide bonds. The Morgan fingerprint density at radius 3 is 2.73 bits per heavy atom. The topological polar surface area (TPSA) is 148 Å². The zero-order valence-corrected chi connectivity index (χ0v) is 17.6. The number of ether oxygens (including phenoxy) is 1. The van der Waals surface area contributed by atoms with Crippen LogP contribution < -0.4 is 11.1 Å². The minimum absolute atomic E-state index is 0.0179. The van der Waals surface area contributed by atoms with Gasteiger partial charge in [-0.25, -0.2) is 9.97 Å². The van der Waals surface area contributed by atoms with Crippen LogP contribution in [0.5, 0.6) is 11.5 Å². The maximum atomic E-state index is 13.1. The highest BCUT2D eigenvalue weighted by Crippen LogP contribution is 2.28. The van der Waals surface area contributed by atoms with Crippen LogP contribution in [0.4, 0.5) is 5.82 Å². The molecule has 0 aliphatic carbocycles. The molecule has 2 aromatic carbocycles. The summed E-state index contributed by atoms with van der Waals surface area (Å²) in [5.74, 6) is -0.803. The second-order valence-corrected chi connectivity index (χ2v) is 7.79. The van der Waals surface area contributed by atoms with Crippen molar-refractivity contribution in [3.05, 3.63) is 53.6 Å². The third-order valence-electron chi connectivity index (χ3n) is 5.54. The van der Waals surface area contributed by atoms with Gasteiger partial charge < -0.3 is 26.0 Å². The van der Waals surface area contributed by atoms with E-state index < -0.39 is 0 Å². The van der Waals surface area contributed by atoms with Crippen molar-refractivity contribution < 1.29 is 19.7 Å². The first kappa shape index (κ1) is 20.7. The van der Waals surface area contributed by atoms with Crippen molar-refractivity contribution in [2.45, 2.75) is 18.9 Å². The fraction of sp³-hybridized carbons (Fsp3) is 0.217. The molecule has 2 aromatic heterocycles. The van der Waals surface area contributed by atoms with Crippen molar-refractivity contribution in [3.8, 4) is 11.5 Å². The summed E-state index contributed by atoms with van der Waals surface area (Å²) in [5.41, 5.74) is 9.00. The average Bonchev–Trinajstić information content (AvgIpc) is 3.42. The Labute approximate surface area is 188 Å². The summed E-state index contributed by atoms with van der Waals surface area (Å²) in [4.78, 5) is 22.4. The van der Waals surface area contributed by atoms with E-state index in [1.807, 2.05) is 24.3 Å². The first-order valence-corrected chi connectivity index (χ1v) is 10.5. The van der Waals surface area contributed by atoms with E-state index in [-0.39, 0.29) is 34.9 Å². The monoisotopic (exact) mass is 446 g/mol. The maximum Gasteiger partial charge on any atom is 0.257 e. The fourth-order valence-corrected chi connectivity index (χ4v) is 3.83. The van der Waals surface area contributed by atoms with Crippen molar-refractivity contribution in [2.24, 2.45) is 5.10 Å². The molecule has 10 nitrogen and oxygen atoms in total. The SMILES string of the molecule is Nc1c(C(=O)NC[C@@H]2CCCO2)c2nc3ccccc3nc2n1N=Cc1ccc(O)c(O)c1. The first-order chi connectivity index (χ1) is 16.0. The minimum Gasteiger partial charge on any atom is -0.504 e. The Balaban J connectivity index is 1.59. The van der Waals surface area contributed by atoms with Gasteiger partial charge in [0.05, 0.1) is 23.4 Å². The number of fused-ring (bicyclic) bond motifs is 2. The summed E-state index contributed by atoms with van der Waals surface area (Å²) in [6.07, 6.45) is 3.29. The van der Waals surface area contributed by atoms with Crippen LogP contribution in [-0.4, -0.2) is 56.2 Å². The van der Waals surface area contributed by atoms with Crippen LogP contribution in [-0.2, 0) is 4.74 Å². The number of rotatable bonds is 5. The number of nitrogen functional groups attached to an aromatic ring is 1. The lowest BCUT2D eigenvalue weighted by molar-refractivity contribution is 0.0859. The highest BCUT2D eigenvalue weighted by molar-refractivity contribution is 6.10. The number of nitrogens with two attached hydrogens (primary N) is 1. The van der Waals surface area contributed by atoms with Gasteiger partial charge in [-0.15, -0.1) is 0 Å². The van der Waals surface area contributed by atoms with Gasteiger partial charge in [0.15, 0.2) is 17.1 Å². The third kappa shape index (κ3) is 3.92. The number of nitrogens with zero attached hydrogens (tertiary/aromatic N) is 4. The van der Waals surface area contributed by atoms with Gasteiger partial charge in [-0.05, 0) is 48.7 Å². The molecule has 33 heavy (non-hydrogen) atoms. The van der Waals surface area contributed by atoms with E-state index in [4.69, 9.17) is 10.5 Å². The Hall–Kier alpha value is -4.18. The van der Waals surface area contributed by atoms with Crippen LogP contribution in [0.25, 0.3) is 22.2 Å². The van der Waals surface area contributed by atoms with Crippen LogP contribution in [0.15, 0.2) is 47.6 Å². The number of benzene rings is 2. The third-order valence-corrected chi connectivity index (χ3v) is 5.54. The second-order valence-electron chi connectivity index (χ2n) is 7.79. The van der Waals surface area contributed by atoms with Gasteiger partial charge in [-0.1, -0.05) is 12.1 Å². The van der Waals surface area contributed by atoms with Crippen LogP contribution in [0.1, 0.15) is 28.8 Å². The molecule has 3 heterocycles. The number of aromatic nitrogens is 3. The number of nitrogens with one attached hydrogen (secondary N) is 1. The van der Waals surface area contributed by atoms with E-state index in [1.165, 1.54) is 23.0 Å². The molecule has 1 aliphatic rings. The second kappa shape index (κ2) is 8.40. The van der Waals surface area contributed by atoms with E-state index in [0.717, 1.165) is 12.8 Å². The number of anilines is 1. The lowest BCUT2D eigenvalue weighted by atomic mass is 10.2. The highest BCUT2D eigenvalue weighted by atomic mass is 16.5. The van der Waals surface area contributed by atoms with Crippen molar-refractivity contribution in [1.29, 1.82) is 0 Å². The predicted octanol–water partition coefficient (Wildman–Crippen LogP) is 2.37. The molecular formula is C23H22N6O4. The lowest BCUT2D eigenvalue weighted by Crippen LogP contribution is -2.32. The van der Waals surface area contributed by atoms with Crippen molar-refractivity contribution >= 4 is 40.1 Å². The number of hydrogen-bond acceptors (Lipinski definition) is 8. The van der Waals surface area contributed by atoms with Gasteiger partial charge in [-0.3, -0.25) is 4.79 Å². The van der Waals surface area contributed by atoms with Gasteiger partial charge in [-0.2, -0.15) is 9.78 Å². The van der Waals surface area contributed by atoms with Crippen LogP contribution >= 0.6 is 0 Å². The smallest absolute Gasteiger partial charge is 0.257 e. The van der Waals surface area contributed by atoms with Gasteiger partial charge >= 0.3 is 0 Å². The number of amides is 1. The summed E-state index contributed by atoms with van der Waals surface area (Å²) in [6, 6.07) is 11.6. The first-order valence-electron chi connectivity index (χ1n) is 10.5. The number of para-hydroxylation sites is 2. The number of phenolic OH excluding ortho intramolecular Hbond substituents is 2. The number of hydrogen-bond donors (Lipinski definition) is 4. The number of phenols is 2. The highest BCUT2D eigenvalue weighted by Gasteiger charge is 2.25. The summed E-state index contributed by atoms with van der Waals surface area (Å²) in [5, 5.41) is 26.5. The van der Waals surface area contributed by atoms with E-state index in [0.29, 0.717) is 40.9 Å². The fourth-order valence-electron chi connectivity index (χ4n) is 3.83. The molecule has 1 aliphatic heterocycles. The zero-order chi connectivity index (χ0) is 22.9. The quantitative estimate of drug-likeness (QED) is 0.272. The summed E-state index contributed by atoms with van der Waals surface area (Å²) >= 11 is 0. The van der Waals surface area contributed by atoms with Crippen LogP contribution in [0.2, 0.25) is 0 Å². The molecule has 1 atom stereocenters. The van der Waals surface area contributed by atoms with Crippen molar-refractivity contribution in [2.75, 3.05) is 18.9 Å². The lowest BCUT2D eigenvalue weighted by Gasteiger charge is -2.10. The molecule has 0 unspecified atom stereocenters. The zero-order valence-electron chi connectivity index (χ0n) is 17.6. The Bertz CT molecular complexity index is 1390. The summed E-state index contributed by atoms with van der Waals surface area (Å²) < 4.78 is 6.93. The molecule has 10 heteroatoms. The van der Waals surface area contributed by atoms with Crippen LogP contribution in [0, 0.1) is 0 Å². The van der Waals surface area contributed by atoms with E-state index in [2.05, 4.69) is 20.4 Å². The summed E-state index contributed by atoms with van der Waals surface area (Å²) in [7, 11) is 0. The van der Waals surface area contributed by atoms with E-state index in [1.54, 1.807) is 6.07 Å². The number of carbonyl (C=O) groups is 1. The molecule has 0 radical (unpaired) electrons. The number of carbonyl (C=O) groups excluding carboxylic acids is 1. The van der Waals surface area contributed by atoms with Gasteiger partial charge in [0, 0.05) is 13.2 Å². The standard InChI is InChI=1S/C23H22N6O4/c24-21-19(23(32)25-12-14-4-3-9-33-14)20-22(28-16-6-2-1-5-15(16)27-20)29(21)26-11-13-7-8-17(30)18(31)10-13/h1-2,5-8,10-11,14,30-31H,3-4,9,12,24H2,(H,25,32)/t14-/m0/s1. The summed E-state index contributed by atoms with van der Waals surface area (Å²) in [6.45, 7) is 1.07. The minimum atomic E-state index is -0.381. The Kier molecular flexibility index (Phi) is 5.27. The molecule has 168 valence electrons. The molecule has 5 rings (SSSR count). The number of aromatic hydroxyl groups is 2. The predicted molar refractivity (Wildman–Crippen MR) is 124 cm³/mol. The normalized spacial score (nSPS) is 16.2. The molecule has 1 fully saturated rings. The van der Waals surface area contributed by atoms with Gasteiger partial charge in [0.25, 0.3) is 5.91 Å².